The summed E-state index contributed by atoms with van der Waals surface area (Å²) in [6, 6.07) is 18.3. The molecule has 0 atom stereocenters. The Bertz CT molecular complexity index is 1290. The SMILES string of the molecule is Cc1nc(-c2ccccc2)sc1-c1cc(=O)[nH]c(SCC(=O)Nc2ccccc2Cl)n1. The van der Waals surface area contributed by atoms with Crippen molar-refractivity contribution in [1.29, 1.82) is 0 Å². The maximum Gasteiger partial charge on any atom is 0.252 e. The molecule has 2 N–H and O–H groups in total. The number of halogens is 1. The van der Waals surface area contributed by atoms with E-state index in [0.29, 0.717) is 21.6 Å². The molecule has 156 valence electrons. The first kappa shape index (κ1) is 21.3. The van der Waals surface area contributed by atoms with E-state index in [0.717, 1.165) is 32.9 Å². The summed E-state index contributed by atoms with van der Waals surface area (Å²) in [5, 5.41) is 4.45. The van der Waals surface area contributed by atoms with Crippen LogP contribution in [0.5, 0.6) is 0 Å². The second kappa shape index (κ2) is 9.47. The summed E-state index contributed by atoms with van der Waals surface area (Å²) in [4.78, 5) is 37.2. The van der Waals surface area contributed by atoms with E-state index in [1.807, 2.05) is 37.3 Å². The van der Waals surface area contributed by atoms with Gasteiger partial charge in [-0.3, -0.25) is 9.59 Å². The van der Waals surface area contributed by atoms with Crippen molar-refractivity contribution in [3.8, 4) is 21.1 Å². The first-order valence-corrected chi connectivity index (χ1v) is 11.5. The Balaban J connectivity index is 1.52. The first-order valence-electron chi connectivity index (χ1n) is 9.31. The standard InChI is InChI=1S/C22H17ClN4O2S2/c1-13-20(31-21(24-13)14-7-3-2-4-8-14)17-11-18(28)27-22(26-17)30-12-19(29)25-16-10-6-5-9-15(16)23/h2-11H,12H2,1H3,(H,25,29)(H,26,27,28). The van der Waals surface area contributed by atoms with Gasteiger partial charge in [-0.25, -0.2) is 9.97 Å². The van der Waals surface area contributed by atoms with Gasteiger partial charge in [-0.05, 0) is 19.1 Å². The minimum Gasteiger partial charge on any atom is -0.324 e. The van der Waals surface area contributed by atoms with Crippen molar-refractivity contribution in [3.63, 3.8) is 0 Å². The number of thiazole rings is 1. The molecule has 0 unspecified atom stereocenters. The average Bonchev–Trinajstić information content (AvgIpc) is 3.16. The number of aryl methyl sites for hydroxylation is 1. The van der Waals surface area contributed by atoms with Gasteiger partial charge in [0.1, 0.15) is 5.01 Å². The number of anilines is 1. The molecule has 0 fully saturated rings. The Labute approximate surface area is 191 Å². The zero-order chi connectivity index (χ0) is 21.8. The van der Waals surface area contributed by atoms with Crippen molar-refractivity contribution in [2.75, 3.05) is 11.1 Å². The molecule has 2 aromatic heterocycles. The number of rotatable bonds is 6. The van der Waals surface area contributed by atoms with Crippen LogP contribution in [0.4, 0.5) is 5.69 Å². The smallest absolute Gasteiger partial charge is 0.252 e. The number of aromatic nitrogens is 3. The maximum absolute atomic E-state index is 12.3. The third kappa shape index (κ3) is 5.22. The summed E-state index contributed by atoms with van der Waals surface area (Å²) < 4.78 is 0. The number of para-hydroxylation sites is 1. The lowest BCUT2D eigenvalue weighted by Crippen LogP contribution is -2.15. The molecule has 2 heterocycles. The summed E-state index contributed by atoms with van der Waals surface area (Å²) in [6.45, 7) is 1.89. The average molecular weight is 469 g/mol. The minimum atomic E-state index is -0.284. The molecule has 1 amide bonds. The number of hydrogen-bond acceptors (Lipinski definition) is 6. The summed E-state index contributed by atoms with van der Waals surface area (Å²) in [6.07, 6.45) is 0. The third-order valence-electron chi connectivity index (χ3n) is 4.26. The summed E-state index contributed by atoms with van der Waals surface area (Å²) in [7, 11) is 0. The van der Waals surface area contributed by atoms with Gasteiger partial charge in [-0.15, -0.1) is 11.3 Å². The van der Waals surface area contributed by atoms with E-state index in [2.05, 4.69) is 20.3 Å². The lowest BCUT2D eigenvalue weighted by atomic mass is 10.2. The van der Waals surface area contributed by atoms with E-state index >= 15 is 0 Å². The summed E-state index contributed by atoms with van der Waals surface area (Å²) in [5.74, 6) is -0.166. The number of nitrogens with one attached hydrogen (secondary N) is 2. The summed E-state index contributed by atoms with van der Waals surface area (Å²) >= 11 is 8.70. The Morgan fingerprint density at radius 1 is 1.13 bits per heavy atom. The van der Waals surface area contributed by atoms with Crippen LogP contribution in [-0.2, 0) is 4.79 Å². The lowest BCUT2D eigenvalue weighted by molar-refractivity contribution is -0.113. The molecule has 31 heavy (non-hydrogen) atoms. The molecule has 2 aromatic carbocycles. The Kier molecular flexibility index (Phi) is 6.50. The van der Waals surface area contributed by atoms with Crippen LogP contribution in [0.3, 0.4) is 0 Å². The van der Waals surface area contributed by atoms with Crippen LogP contribution < -0.4 is 10.9 Å². The van der Waals surface area contributed by atoms with Crippen molar-refractivity contribution >= 4 is 46.3 Å². The quantitative estimate of drug-likeness (QED) is 0.298. The highest BCUT2D eigenvalue weighted by Crippen LogP contribution is 2.34. The van der Waals surface area contributed by atoms with E-state index in [4.69, 9.17) is 11.6 Å². The van der Waals surface area contributed by atoms with Crippen LogP contribution in [0, 0.1) is 6.92 Å². The fraction of sp³-hybridized carbons (Fsp3) is 0.0909. The van der Waals surface area contributed by atoms with E-state index in [-0.39, 0.29) is 17.2 Å². The van der Waals surface area contributed by atoms with E-state index in [1.54, 1.807) is 24.3 Å². The highest BCUT2D eigenvalue weighted by atomic mass is 35.5. The second-order valence-electron chi connectivity index (χ2n) is 6.55. The van der Waals surface area contributed by atoms with Crippen molar-refractivity contribution in [1.82, 2.24) is 15.0 Å². The van der Waals surface area contributed by atoms with Crippen LogP contribution >= 0.6 is 34.7 Å². The maximum atomic E-state index is 12.3. The Hall–Kier alpha value is -2.94. The van der Waals surface area contributed by atoms with Gasteiger partial charge in [0, 0.05) is 11.6 Å². The molecule has 6 nitrogen and oxygen atoms in total. The largest absolute Gasteiger partial charge is 0.324 e. The number of hydrogen-bond donors (Lipinski definition) is 2. The van der Waals surface area contributed by atoms with Gasteiger partial charge in [0.05, 0.1) is 32.7 Å². The molecular formula is C22H17ClN4O2S2. The molecule has 4 rings (SSSR count). The monoisotopic (exact) mass is 468 g/mol. The fourth-order valence-corrected chi connectivity index (χ4v) is 4.73. The molecule has 0 spiro atoms. The normalized spacial score (nSPS) is 10.8. The Morgan fingerprint density at radius 2 is 1.87 bits per heavy atom. The zero-order valence-corrected chi connectivity index (χ0v) is 18.8. The number of benzene rings is 2. The second-order valence-corrected chi connectivity index (χ2v) is 8.92. The number of nitrogens with zero attached hydrogens (tertiary/aromatic N) is 2. The highest BCUT2D eigenvalue weighted by Gasteiger charge is 2.15. The van der Waals surface area contributed by atoms with Gasteiger partial charge < -0.3 is 10.3 Å². The van der Waals surface area contributed by atoms with Gasteiger partial charge in [-0.1, -0.05) is 65.8 Å². The van der Waals surface area contributed by atoms with Gasteiger partial charge in [0.25, 0.3) is 5.56 Å². The van der Waals surface area contributed by atoms with Gasteiger partial charge in [0.2, 0.25) is 5.91 Å². The number of carbonyl (C=O) groups is 1. The highest BCUT2D eigenvalue weighted by molar-refractivity contribution is 7.99. The molecule has 0 radical (unpaired) electrons. The predicted molar refractivity (Wildman–Crippen MR) is 127 cm³/mol. The molecular weight excluding hydrogens is 452 g/mol. The lowest BCUT2D eigenvalue weighted by Gasteiger charge is -2.07. The van der Waals surface area contributed by atoms with E-state index < -0.39 is 0 Å². The van der Waals surface area contributed by atoms with E-state index in [9.17, 15) is 9.59 Å². The summed E-state index contributed by atoms with van der Waals surface area (Å²) in [5.41, 5.74) is 2.61. The van der Waals surface area contributed by atoms with Crippen molar-refractivity contribution in [2.24, 2.45) is 0 Å². The third-order valence-corrected chi connectivity index (χ3v) is 6.69. The van der Waals surface area contributed by atoms with Crippen molar-refractivity contribution in [3.05, 3.63) is 81.7 Å². The minimum absolute atomic E-state index is 0.0779. The molecule has 9 heteroatoms. The molecule has 0 saturated heterocycles. The number of aromatic amines is 1. The molecule has 0 bridgehead atoms. The molecule has 0 aliphatic heterocycles. The van der Waals surface area contributed by atoms with Crippen LogP contribution in [0.15, 0.2) is 70.6 Å². The zero-order valence-electron chi connectivity index (χ0n) is 16.4. The fourth-order valence-electron chi connectivity index (χ4n) is 2.84. The topological polar surface area (TPSA) is 87.7 Å². The van der Waals surface area contributed by atoms with Gasteiger partial charge in [0.15, 0.2) is 5.16 Å². The number of H-pyrrole nitrogens is 1. The van der Waals surface area contributed by atoms with Crippen LogP contribution in [0.25, 0.3) is 21.1 Å². The Morgan fingerprint density at radius 3 is 2.65 bits per heavy atom. The number of amides is 1. The number of thioether (sulfide) groups is 1. The van der Waals surface area contributed by atoms with Crippen molar-refractivity contribution in [2.45, 2.75) is 12.1 Å². The molecule has 0 aliphatic rings. The number of carbonyl (C=O) groups excluding carboxylic acids is 1. The van der Waals surface area contributed by atoms with E-state index in [1.165, 1.54) is 17.4 Å². The molecule has 0 aliphatic carbocycles. The van der Waals surface area contributed by atoms with Gasteiger partial charge in [-0.2, -0.15) is 0 Å². The molecule has 0 saturated carbocycles. The predicted octanol–water partition coefficient (Wildman–Crippen LogP) is 5.25. The van der Waals surface area contributed by atoms with Gasteiger partial charge >= 0.3 is 0 Å². The van der Waals surface area contributed by atoms with Crippen LogP contribution in [0.2, 0.25) is 5.02 Å². The van der Waals surface area contributed by atoms with Crippen molar-refractivity contribution < 1.29 is 4.79 Å². The van der Waals surface area contributed by atoms with Crippen LogP contribution in [-0.4, -0.2) is 26.6 Å². The van der Waals surface area contributed by atoms with Crippen LogP contribution in [0.1, 0.15) is 5.69 Å². The molecule has 4 aromatic rings. The first-order chi connectivity index (χ1) is 15.0.